The van der Waals surface area contributed by atoms with Gasteiger partial charge in [-0.05, 0) is 98.8 Å². The quantitative estimate of drug-likeness (QED) is 0.0673. The standard InChI is InChI=1S/C38H72N2O3.C2H6.2C2H4/c1-8-10-12-14-20-24-28-34(27-23-13-11-9-2)42-40-35(3,4)31-37(7,32-36(40,5)6)43-38(39-33-41)29-25-21-18-16-15-17-19-22-26-30-38;3*1-2/h9,33-34H,2,8,10-32H2,1,3-7H3,(H,39,41);1-2H3;2*1-2H2. The fourth-order valence-corrected chi connectivity index (χ4v) is 8.46. The Morgan fingerprint density at radius 2 is 1.12 bits per heavy atom. The molecule has 1 heterocycles. The Labute approximate surface area is 307 Å². The van der Waals surface area contributed by atoms with Gasteiger partial charge in [0, 0.05) is 11.1 Å². The first kappa shape index (κ1) is 49.7. The van der Waals surface area contributed by atoms with Crippen LogP contribution < -0.4 is 5.32 Å². The van der Waals surface area contributed by atoms with Crippen LogP contribution in [0.25, 0.3) is 0 Å². The fourth-order valence-electron chi connectivity index (χ4n) is 8.46. The van der Waals surface area contributed by atoms with Gasteiger partial charge in [-0.15, -0.1) is 32.9 Å². The summed E-state index contributed by atoms with van der Waals surface area (Å²) in [5.41, 5.74) is -1.36. The molecule has 5 heteroatoms. The van der Waals surface area contributed by atoms with Crippen molar-refractivity contribution < 1.29 is 14.4 Å². The number of allylic oxidation sites excluding steroid dienone is 1. The van der Waals surface area contributed by atoms with Crippen LogP contribution in [0.5, 0.6) is 0 Å². The van der Waals surface area contributed by atoms with Gasteiger partial charge in [-0.2, -0.15) is 5.06 Å². The predicted molar refractivity (Wildman–Crippen MR) is 217 cm³/mol. The van der Waals surface area contributed by atoms with Crippen molar-refractivity contribution in [2.45, 2.75) is 238 Å². The van der Waals surface area contributed by atoms with Crippen LogP contribution in [0.2, 0.25) is 0 Å². The zero-order valence-corrected chi connectivity index (χ0v) is 34.4. The average Bonchev–Trinajstić information content (AvgIpc) is 3.06. The van der Waals surface area contributed by atoms with E-state index in [4.69, 9.17) is 9.57 Å². The van der Waals surface area contributed by atoms with Crippen molar-refractivity contribution in [3.8, 4) is 0 Å². The molecule has 0 bridgehead atoms. The summed E-state index contributed by atoms with van der Waals surface area (Å²) in [7, 11) is 0. The zero-order chi connectivity index (χ0) is 37.7. The molecule has 1 atom stereocenters. The number of carbonyl (C=O) groups is 1. The van der Waals surface area contributed by atoms with Crippen LogP contribution in [0.1, 0.15) is 209 Å². The molecule has 5 nitrogen and oxygen atoms in total. The number of amides is 1. The van der Waals surface area contributed by atoms with Gasteiger partial charge >= 0.3 is 0 Å². The molecule has 1 unspecified atom stereocenters. The number of hydrogen-bond acceptors (Lipinski definition) is 4. The van der Waals surface area contributed by atoms with Crippen molar-refractivity contribution in [2.75, 3.05) is 0 Å². The van der Waals surface area contributed by atoms with Gasteiger partial charge in [0.15, 0.2) is 0 Å². The third-order valence-electron chi connectivity index (χ3n) is 9.96. The Morgan fingerprint density at radius 1 is 0.694 bits per heavy atom. The maximum absolute atomic E-state index is 12.0. The van der Waals surface area contributed by atoms with Crippen LogP contribution in [-0.2, 0) is 14.4 Å². The molecule has 2 aliphatic rings. The number of rotatable bonds is 18. The second kappa shape index (κ2) is 29.2. The minimum Gasteiger partial charge on any atom is -0.349 e. The highest BCUT2D eigenvalue weighted by Gasteiger charge is 2.54. The van der Waals surface area contributed by atoms with Crippen LogP contribution in [0, 0.1) is 0 Å². The third-order valence-corrected chi connectivity index (χ3v) is 9.96. The summed E-state index contributed by atoms with van der Waals surface area (Å²) in [5, 5.41) is 5.59. The molecule has 0 aromatic carbocycles. The molecule has 0 aromatic rings. The summed E-state index contributed by atoms with van der Waals surface area (Å²) >= 11 is 0. The van der Waals surface area contributed by atoms with Gasteiger partial charge in [0.05, 0.1) is 11.7 Å². The number of carbonyl (C=O) groups excluding carboxylic acids is 1. The van der Waals surface area contributed by atoms with E-state index in [0.717, 1.165) is 64.2 Å². The molecule has 49 heavy (non-hydrogen) atoms. The Balaban J connectivity index is 0. The van der Waals surface area contributed by atoms with Gasteiger partial charge < -0.3 is 10.1 Å². The van der Waals surface area contributed by atoms with E-state index in [1.807, 2.05) is 19.9 Å². The van der Waals surface area contributed by atoms with Crippen LogP contribution in [0.15, 0.2) is 39.0 Å². The number of ether oxygens (including phenoxy) is 1. The molecule has 1 N–H and O–H groups in total. The number of nitrogens with one attached hydrogen (secondary N) is 1. The number of unbranched alkanes of at least 4 members (excludes halogenated alkanes) is 7. The second-order valence-corrected chi connectivity index (χ2v) is 15.6. The van der Waals surface area contributed by atoms with Gasteiger partial charge in [-0.25, -0.2) is 0 Å². The highest BCUT2D eigenvalue weighted by molar-refractivity contribution is 5.47. The first-order valence-corrected chi connectivity index (χ1v) is 20.5. The van der Waals surface area contributed by atoms with Gasteiger partial charge in [0.1, 0.15) is 5.72 Å². The summed E-state index contributed by atoms with van der Waals surface area (Å²) in [6.45, 7) is 33.8. The van der Waals surface area contributed by atoms with E-state index in [-0.39, 0.29) is 22.8 Å². The monoisotopic (exact) mass is 691 g/mol. The van der Waals surface area contributed by atoms with Gasteiger partial charge in [0.25, 0.3) is 0 Å². The molecule has 1 aliphatic heterocycles. The lowest BCUT2D eigenvalue weighted by Crippen LogP contribution is -2.67. The first-order chi connectivity index (χ1) is 23.5. The smallest absolute Gasteiger partial charge is 0.209 e. The minimum atomic E-state index is -0.587. The fraction of sp³-hybridized carbons (Fsp3) is 0.841. The SMILES string of the molecule is C=C.C=C.C=CCCCCC(CCCCCCCC)ON1C(C)(C)CC(C)(OC2(NC=O)CCCCCCCCCCC2)CC1(C)C.CC. The zero-order valence-electron chi connectivity index (χ0n) is 34.4. The topological polar surface area (TPSA) is 50.8 Å². The van der Waals surface area contributed by atoms with E-state index >= 15 is 0 Å². The molecule has 1 aliphatic carbocycles. The van der Waals surface area contributed by atoms with Crippen LogP contribution in [0.4, 0.5) is 0 Å². The molecule has 0 aromatic heterocycles. The van der Waals surface area contributed by atoms with Crippen molar-refractivity contribution in [3.63, 3.8) is 0 Å². The Morgan fingerprint density at radius 3 is 1.57 bits per heavy atom. The molecular formula is C44H86N2O3. The van der Waals surface area contributed by atoms with Gasteiger partial charge in [0.2, 0.25) is 6.41 Å². The molecule has 1 amide bonds. The highest BCUT2D eigenvalue weighted by atomic mass is 16.7. The Hall–Kier alpha value is -1.43. The van der Waals surface area contributed by atoms with Crippen LogP contribution in [-0.4, -0.2) is 40.0 Å². The normalized spacial score (nSPS) is 20.8. The van der Waals surface area contributed by atoms with E-state index < -0.39 is 5.72 Å². The molecular weight excluding hydrogens is 604 g/mol. The summed E-state index contributed by atoms with van der Waals surface area (Å²) in [4.78, 5) is 19.0. The number of nitrogens with zero attached hydrogens (tertiary/aromatic N) is 1. The molecule has 1 saturated carbocycles. The maximum Gasteiger partial charge on any atom is 0.209 e. The van der Waals surface area contributed by atoms with Crippen LogP contribution in [0.3, 0.4) is 0 Å². The Bertz CT molecular complexity index is 763. The van der Waals surface area contributed by atoms with E-state index in [1.165, 1.54) is 96.3 Å². The van der Waals surface area contributed by atoms with E-state index in [0.29, 0.717) is 0 Å². The average molecular weight is 691 g/mol. The van der Waals surface area contributed by atoms with Crippen molar-refractivity contribution in [1.29, 1.82) is 0 Å². The van der Waals surface area contributed by atoms with E-state index in [9.17, 15) is 4.79 Å². The van der Waals surface area contributed by atoms with E-state index in [2.05, 4.69) is 84.8 Å². The number of hydroxylamine groups is 2. The molecule has 0 radical (unpaired) electrons. The third kappa shape index (κ3) is 20.9. The van der Waals surface area contributed by atoms with Crippen molar-refractivity contribution in [1.82, 2.24) is 10.4 Å². The maximum atomic E-state index is 12.0. The molecule has 2 fully saturated rings. The second-order valence-electron chi connectivity index (χ2n) is 15.6. The van der Waals surface area contributed by atoms with Gasteiger partial charge in [-0.1, -0.05) is 117 Å². The van der Waals surface area contributed by atoms with Crippen molar-refractivity contribution >= 4 is 6.41 Å². The summed E-state index contributed by atoms with van der Waals surface area (Å²) in [6.07, 6.45) is 31.5. The lowest BCUT2D eigenvalue weighted by Gasteiger charge is -2.59. The molecule has 1 saturated heterocycles. The van der Waals surface area contributed by atoms with Crippen molar-refractivity contribution in [2.24, 2.45) is 0 Å². The highest BCUT2D eigenvalue weighted by Crippen LogP contribution is 2.48. The lowest BCUT2D eigenvalue weighted by molar-refractivity contribution is -0.338. The van der Waals surface area contributed by atoms with Gasteiger partial charge in [-0.3, -0.25) is 9.63 Å². The largest absolute Gasteiger partial charge is 0.349 e. The summed E-state index contributed by atoms with van der Waals surface area (Å²) in [5.74, 6) is 0. The predicted octanol–water partition coefficient (Wildman–Crippen LogP) is 13.6. The molecule has 290 valence electrons. The molecule has 2 rings (SSSR count). The van der Waals surface area contributed by atoms with Crippen molar-refractivity contribution in [3.05, 3.63) is 39.0 Å². The lowest BCUT2D eigenvalue weighted by atomic mass is 9.72. The van der Waals surface area contributed by atoms with Crippen LogP contribution >= 0.6 is 0 Å². The first-order valence-electron chi connectivity index (χ1n) is 20.5. The summed E-state index contributed by atoms with van der Waals surface area (Å²) < 4.78 is 7.25. The molecule has 0 spiro atoms. The van der Waals surface area contributed by atoms with E-state index in [1.54, 1.807) is 0 Å². The number of hydrogen-bond donors (Lipinski definition) is 1. The number of piperidine rings is 1. The minimum absolute atomic E-state index is 0.204. The Kier molecular flexibility index (Phi) is 29.6. The summed E-state index contributed by atoms with van der Waals surface area (Å²) in [6, 6.07) is 0.